The van der Waals surface area contributed by atoms with E-state index in [4.69, 9.17) is 5.73 Å². The van der Waals surface area contributed by atoms with Crippen LogP contribution in [0.3, 0.4) is 0 Å². The summed E-state index contributed by atoms with van der Waals surface area (Å²) in [5.74, 6) is 0.234. The maximum atomic E-state index is 12.0. The molecule has 2 N–H and O–H groups in total. The molecule has 6 nitrogen and oxygen atoms in total. The van der Waals surface area contributed by atoms with Crippen LogP contribution in [-0.2, 0) is 11.3 Å². The Balaban J connectivity index is 1.52. The molecule has 1 saturated heterocycles. The van der Waals surface area contributed by atoms with Crippen molar-refractivity contribution in [3.05, 3.63) is 36.3 Å². The van der Waals surface area contributed by atoms with Gasteiger partial charge in [0.1, 0.15) is 5.65 Å². The molecule has 1 aliphatic rings. The quantitative estimate of drug-likeness (QED) is 0.883. The zero-order chi connectivity index (χ0) is 15.4. The van der Waals surface area contributed by atoms with Crippen LogP contribution in [0.1, 0.15) is 18.5 Å². The van der Waals surface area contributed by atoms with Crippen LogP contribution < -0.4 is 5.73 Å². The van der Waals surface area contributed by atoms with Gasteiger partial charge in [-0.25, -0.2) is 4.98 Å². The van der Waals surface area contributed by atoms with E-state index in [1.807, 2.05) is 33.7 Å². The second-order valence-electron chi connectivity index (χ2n) is 5.75. The van der Waals surface area contributed by atoms with Crippen molar-refractivity contribution in [2.75, 3.05) is 32.7 Å². The molecule has 22 heavy (non-hydrogen) atoms. The maximum absolute atomic E-state index is 12.0. The molecule has 0 bridgehead atoms. The van der Waals surface area contributed by atoms with Gasteiger partial charge in [0.15, 0.2) is 0 Å². The number of carbonyl (C=O) groups excluding carboxylic acids is 1. The molecule has 0 unspecified atom stereocenters. The molecular formula is C16H23N5O. The van der Waals surface area contributed by atoms with Crippen molar-refractivity contribution in [2.24, 2.45) is 5.73 Å². The van der Waals surface area contributed by atoms with Crippen molar-refractivity contribution in [3.63, 3.8) is 0 Å². The molecule has 0 aliphatic carbocycles. The Hall–Kier alpha value is -1.92. The van der Waals surface area contributed by atoms with Crippen molar-refractivity contribution < 1.29 is 4.79 Å². The van der Waals surface area contributed by atoms with E-state index in [9.17, 15) is 4.79 Å². The average molecular weight is 301 g/mol. The highest BCUT2D eigenvalue weighted by Gasteiger charge is 2.21. The van der Waals surface area contributed by atoms with Gasteiger partial charge >= 0.3 is 0 Å². The SMILES string of the molecule is NCCCC(=O)N1CCN(Cc2cn3ccccc3n2)CC1. The molecule has 0 aromatic carbocycles. The fourth-order valence-electron chi connectivity index (χ4n) is 2.86. The van der Waals surface area contributed by atoms with Gasteiger partial charge < -0.3 is 15.0 Å². The van der Waals surface area contributed by atoms with Crippen LogP contribution in [-0.4, -0.2) is 57.8 Å². The van der Waals surface area contributed by atoms with Crippen LogP contribution in [0.25, 0.3) is 5.65 Å². The molecule has 3 rings (SSSR count). The summed E-state index contributed by atoms with van der Waals surface area (Å²) in [6.45, 7) is 4.84. The summed E-state index contributed by atoms with van der Waals surface area (Å²) in [5.41, 5.74) is 7.52. The van der Waals surface area contributed by atoms with Gasteiger partial charge in [0.05, 0.1) is 5.69 Å². The predicted octanol–water partition coefficient (Wildman–Crippen LogP) is 0.717. The van der Waals surface area contributed by atoms with Crippen molar-refractivity contribution >= 4 is 11.6 Å². The molecule has 1 fully saturated rings. The Kier molecular flexibility index (Phi) is 4.70. The first-order valence-electron chi connectivity index (χ1n) is 7.89. The fraction of sp³-hybridized carbons (Fsp3) is 0.500. The monoisotopic (exact) mass is 301 g/mol. The summed E-state index contributed by atoms with van der Waals surface area (Å²) in [6.07, 6.45) is 5.44. The highest BCUT2D eigenvalue weighted by Crippen LogP contribution is 2.11. The molecular weight excluding hydrogens is 278 g/mol. The van der Waals surface area contributed by atoms with E-state index in [1.165, 1.54) is 0 Å². The van der Waals surface area contributed by atoms with Crippen LogP contribution in [0.4, 0.5) is 0 Å². The summed E-state index contributed by atoms with van der Waals surface area (Å²) < 4.78 is 2.04. The average Bonchev–Trinajstić information content (AvgIpc) is 2.95. The first kappa shape index (κ1) is 15.0. The number of nitrogens with two attached hydrogens (primary N) is 1. The minimum Gasteiger partial charge on any atom is -0.340 e. The van der Waals surface area contributed by atoms with E-state index in [2.05, 4.69) is 16.1 Å². The van der Waals surface area contributed by atoms with Gasteiger partial charge in [-0.05, 0) is 25.1 Å². The van der Waals surface area contributed by atoms with Crippen LogP contribution in [0.2, 0.25) is 0 Å². The zero-order valence-electron chi connectivity index (χ0n) is 12.8. The van der Waals surface area contributed by atoms with Crippen LogP contribution in [0, 0.1) is 0 Å². The number of rotatable bonds is 5. The maximum Gasteiger partial charge on any atom is 0.222 e. The molecule has 0 spiro atoms. The van der Waals surface area contributed by atoms with Crippen LogP contribution in [0.15, 0.2) is 30.6 Å². The standard InChI is InChI=1S/C16H23N5O/c17-6-3-5-16(22)20-10-8-19(9-11-20)12-14-13-21-7-2-1-4-15(21)18-14/h1-2,4,7,13H,3,5-6,8-12,17H2. The molecule has 1 amide bonds. The van der Waals surface area contributed by atoms with Crippen molar-refractivity contribution in [1.82, 2.24) is 19.2 Å². The predicted molar refractivity (Wildman–Crippen MR) is 85.3 cm³/mol. The Morgan fingerprint density at radius 1 is 1.23 bits per heavy atom. The lowest BCUT2D eigenvalue weighted by atomic mass is 10.2. The number of hydrogen-bond acceptors (Lipinski definition) is 4. The van der Waals surface area contributed by atoms with E-state index in [0.717, 1.165) is 50.5 Å². The molecule has 0 atom stereocenters. The van der Waals surface area contributed by atoms with E-state index in [1.54, 1.807) is 0 Å². The minimum absolute atomic E-state index is 0.234. The lowest BCUT2D eigenvalue weighted by Crippen LogP contribution is -2.48. The highest BCUT2D eigenvalue weighted by atomic mass is 16.2. The summed E-state index contributed by atoms with van der Waals surface area (Å²) in [7, 11) is 0. The van der Waals surface area contributed by atoms with Crippen LogP contribution in [0.5, 0.6) is 0 Å². The third kappa shape index (κ3) is 3.45. The lowest BCUT2D eigenvalue weighted by Gasteiger charge is -2.34. The molecule has 2 aromatic rings. The molecule has 1 aliphatic heterocycles. The second kappa shape index (κ2) is 6.89. The number of amides is 1. The topological polar surface area (TPSA) is 66.9 Å². The highest BCUT2D eigenvalue weighted by molar-refractivity contribution is 5.76. The number of fused-ring (bicyclic) bond motifs is 1. The number of aromatic nitrogens is 2. The minimum atomic E-state index is 0.234. The zero-order valence-corrected chi connectivity index (χ0v) is 12.8. The van der Waals surface area contributed by atoms with Crippen molar-refractivity contribution in [1.29, 1.82) is 0 Å². The van der Waals surface area contributed by atoms with Gasteiger partial charge in [-0.3, -0.25) is 9.69 Å². The largest absolute Gasteiger partial charge is 0.340 e. The number of pyridine rings is 1. The van der Waals surface area contributed by atoms with E-state index in [-0.39, 0.29) is 5.91 Å². The van der Waals surface area contributed by atoms with Gasteiger partial charge in [-0.2, -0.15) is 0 Å². The lowest BCUT2D eigenvalue weighted by molar-refractivity contribution is -0.133. The van der Waals surface area contributed by atoms with Gasteiger partial charge in [0, 0.05) is 51.5 Å². The van der Waals surface area contributed by atoms with E-state index in [0.29, 0.717) is 13.0 Å². The summed E-state index contributed by atoms with van der Waals surface area (Å²) in [6, 6.07) is 6.01. The fourth-order valence-corrected chi connectivity index (χ4v) is 2.86. The Morgan fingerprint density at radius 2 is 2.05 bits per heavy atom. The second-order valence-corrected chi connectivity index (χ2v) is 5.75. The Labute approximate surface area is 130 Å². The first-order valence-corrected chi connectivity index (χ1v) is 7.89. The smallest absolute Gasteiger partial charge is 0.222 e. The van der Waals surface area contributed by atoms with Gasteiger partial charge in [-0.1, -0.05) is 6.07 Å². The molecule has 118 valence electrons. The Bertz CT molecular complexity index is 597. The molecule has 6 heteroatoms. The van der Waals surface area contributed by atoms with Crippen molar-refractivity contribution in [3.8, 4) is 0 Å². The Morgan fingerprint density at radius 3 is 2.77 bits per heavy atom. The number of nitrogens with zero attached hydrogens (tertiary/aromatic N) is 4. The summed E-state index contributed by atoms with van der Waals surface area (Å²) in [4.78, 5) is 20.9. The molecule has 2 aromatic heterocycles. The number of piperazine rings is 1. The first-order chi connectivity index (χ1) is 10.8. The third-order valence-corrected chi connectivity index (χ3v) is 4.12. The normalized spacial score (nSPS) is 16.3. The molecule has 3 heterocycles. The summed E-state index contributed by atoms with van der Waals surface area (Å²) in [5, 5.41) is 0. The van der Waals surface area contributed by atoms with Crippen LogP contribution >= 0.6 is 0 Å². The van der Waals surface area contributed by atoms with E-state index >= 15 is 0 Å². The summed E-state index contributed by atoms with van der Waals surface area (Å²) >= 11 is 0. The third-order valence-electron chi connectivity index (χ3n) is 4.12. The number of imidazole rings is 1. The molecule has 0 saturated carbocycles. The van der Waals surface area contributed by atoms with Crippen molar-refractivity contribution in [2.45, 2.75) is 19.4 Å². The molecule has 0 radical (unpaired) electrons. The van der Waals surface area contributed by atoms with Gasteiger partial charge in [0.2, 0.25) is 5.91 Å². The van der Waals surface area contributed by atoms with E-state index < -0.39 is 0 Å². The number of carbonyl (C=O) groups is 1. The number of hydrogen-bond donors (Lipinski definition) is 1. The van der Waals surface area contributed by atoms with Gasteiger partial charge in [0.25, 0.3) is 0 Å². The van der Waals surface area contributed by atoms with Gasteiger partial charge in [-0.15, -0.1) is 0 Å².